The average molecular weight is 246 g/mol. The molecule has 1 amide bonds. The molecule has 0 aromatic heterocycles. The highest BCUT2D eigenvalue weighted by atomic mass is 35.5. The molecule has 1 N–H and O–H groups in total. The first-order valence-corrected chi connectivity index (χ1v) is 6.83. The van der Waals surface area contributed by atoms with Crippen LogP contribution in [0.5, 0.6) is 0 Å². The number of carbonyl (C=O) groups is 1. The van der Waals surface area contributed by atoms with E-state index in [1.165, 1.54) is 25.7 Å². The fraction of sp³-hybridized carbons (Fsp3) is 0.923. The maximum Gasteiger partial charge on any atom is 0.223 e. The third-order valence-electron chi connectivity index (χ3n) is 3.67. The first-order chi connectivity index (χ1) is 7.43. The third kappa shape index (κ3) is 3.97. The number of hydrogen-bond acceptors (Lipinski definition) is 1. The Kier molecular flexibility index (Phi) is 5.10. The average Bonchev–Trinajstić information content (AvgIpc) is 2.44. The maximum atomic E-state index is 12.1. The number of rotatable bonds is 3. The van der Waals surface area contributed by atoms with Gasteiger partial charge in [-0.05, 0) is 33.6 Å². The maximum absolute atomic E-state index is 12.1. The summed E-state index contributed by atoms with van der Waals surface area (Å²) in [6.07, 6.45) is 7.01. The summed E-state index contributed by atoms with van der Waals surface area (Å²) >= 11 is 6.07. The Morgan fingerprint density at radius 1 is 1.25 bits per heavy atom. The van der Waals surface area contributed by atoms with Crippen molar-refractivity contribution in [1.82, 2.24) is 5.32 Å². The van der Waals surface area contributed by atoms with Crippen LogP contribution in [0.4, 0.5) is 0 Å². The molecule has 16 heavy (non-hydrogen) atoms. The minimum absolute atomic E-state index is 0.0535. The molecule has 1 saturated carbocycles. The van der Waals surface area contributed by atoms with Crippen LogP contribution in [-0.2, 0) is 4.79 Å². The van der Waals surface area contributed by atoms with Gasteiger partial charge in [-0.3, -0.25) is 4.79 Å². The SMILES string of the molecule is CC(Cl)C(C)(C)NC(=O)C1CCCCCC1. The summed E-state index contributed by atoms with van der Waals surface area (Å²) in [6.45, 7) is 5.90. The lowest BCUT2D eigenvalue weighted by molar-refractivity contribution is -0.127. The molecule has 1 atom stereocenters. The summed E-state index contributed by atoms with van der Waals surface area (Å²) in [5, 5.41) is 3.03. The number of amides is 1. The van der Waals surface area contributed by atoms with Crippen LogP contribution >= 0.6 is 11.6 Å². The molecule has 1 fully saturated rings. The molecule has 2 nitrogen and oxygen atoms in total. The van der Waals surface area contributed by atoms with E-state index in [4.69, 9.17) is 11.6 Å². The van der Waals surface area contributed by atoms with Crippen molar-refractivity contribution >= 4 is 17.5 Å². The van der Waals surface area contributed by atoms with Gasteiger partial charge in [0, 0.05) is 5.92 Å². The van der Waals surface area contributed by atoms with Crippen LogP contribution in [-0.4, -0.2) is 16.8 Å². The minimum atomic E-state index is -0.315. The fourth-order valence-electron chi connectivity index (χ4n) is 2.06. The number of carbonyl (C=O) groups excluding carboxylic acids is 1. The molecule has 0 radical (unpaired) electrons. The Bertz CT molecular complexity index is 230. The quantitative estimate of drug-likeness (QED) is 0.599. The Morgan fingerprint density at radius 2 is 1.75 bits per heavy atom. The zero-order chi connectivity index (χ0) is 12.2. The van der Waals surface area contributed by atoms with Crippen LogP contribution in [0.3, 0.4) is 0 Å². The first-order valence-electron chi connectivity index (χ1n) is 6.39. The second-order valence-electron chi connectivity index (χ2n) is 5.52. The Hall–Kier alpha value is -0.240. The zero-order valence-corrected chi connectivity index (χ0v) is 11.4. The van der Waals surface area contributed by atoms with E-state index in [0.717, 1.165) is 12.8 Å². The summed E-state index contributed by atoms with van der Waals surface area (Å²) in [4.78, 5) is 12.1. The normalized spacial score (nSPS) is 21.2. The lowest BCUT2D eigenvalue weighted by atomic mass is 9.95. The van der Waals surface area contributed by atoms with E-state index in [-0.39, 0.29) is 22.7 Å². The predicted octanol–water partition coefficient (Wildman–Crippen LogP) is 3.48. The second-order valence-corrected chi connectivity index (χ2v) is 6.17. The van der Waals surface area contributed by atoms with Crippen LogP contribution < -0.4 is 5.32 Å². The molecule has 0 saturated heterocycles. The zero-order valence-electron chi connectivity index (χ0n) is 10.7. The summed E-state index contributed by atoms with van der Waals surface area (Å²) in [7, 11) is 0. The highest BCUT2D eigenvalue weighted by Gasteiger charge is 2.29. The largest absolute Gasteiger partial charge is 0.350 e. The van der Waals surface area contributed by atoms with Crippen molar-refractivity contribution in [3.63, 3.8) is 0 Å². The van der Waals surface area contributed by atoms with Gasteiger partial charge in [0.2, 0.25) is 5.91 Å². The van der Waals surface area contributed by atoms with Gasteiger partial charge in [0.1, 0.15) is 0 Å². The van der Waals surface area contributed by atoms with Gasteiger partial charge in [0.25, 0.3) is 0 Å². The molecule has 1 aliphatic carbocycles. The molecule has 94 valence electrons. The topological polar surface area (TPSA) is 29.1 Å². The van der Waals surface area contributed by atoms with Crippen molar-refractivity contribution in [1.29, 1.82) is 0 Å². The second kappa shape index (κ2) is 5.90. The first kappa shape index (κ1) is 13.8. The molecule has 0 heterocycles. The molecule has 1 aliphatic rings. The van der Waals surface area contributed by atoms with Gasteiger partial charge in [-0.15, -0.1) is 11.6 Å². The van der Waals surface area contributed by atoms with Crippen molar-refractivity contribution in [2.24, 2.45) is 5.92 Å². The van der Waals surface area contributed by atoms with Gasteiger partial charge < -0.3 is 5.32 Å². The van der Waals surface area contributed by atoms with E-state index in [9.17, 15) is 4.79 Å². The van der Waals surface area contributed by atoms with Gasteiger partial charge in [-0.25, -0.2) is 0 Å². The molecule has 1 rings (SSSR count). The van der Waals surface area contributed by atoms with Gasteiger partial charge in [0.15, 0.2) is 0 Å². The third-order valence-corrected chi connectivity index (χ3v) is 4.21. The summed E-state index contributed by atoms with van der Waals surface area (Å²) < 4.78 is 0. The van der Waals surface area contributed by atoms with Crippen LogP contribution in [0.15, 0.2) is 0 Å². The number of alkyl halides is 1. The van der Waals surface area contributed by atoms with E-state index in [1.54, 1.807) is 0 Å². The van der Waals surface area contributed by atoms with Crippen molar-refractivity contribution in [2.45, 2.75) is 70.2 Å². The molecule has 0 aromatic rings. The highest BCUT2D eigenvalue weighted by molar-refractivity contribution is 6.21. The van der Waals surface area contributed by atoms with E-state index in [1.807, 2.05) is 20.8 Å². The number of halogens is 1. The van der Waals surface area contributed by atoms with Crippen LogP contribution in [0.2, 0.25) is 0 Å². The lowest BCUT2D eigenvalue weighted by Crippen LogP contribution is -2.51. The van der Waals surface area contributed by atoms with Crippen LogP contribution in [0, 0.1) is 5.92 Å². The van der Waals surface area contributed by atoms with E-state index < -0.39 is 0 Å². The standard InChI is InChI=1S/C13H24ClNO/c1-10(14)13(2,3)15-12(16)11-8-6-4-5-7-9-11/h10-11H,4-9H2,1-3H3,(H,15,16). The van der Waals surface area contributed by atoms with Gasteiger partial charge in [0.05, 0.1) is 10.9 Å². The molecule has 1 unspecified atom stereocenters. The molecule has 0 spiro atoms. The van der Waals surface area contributed by atoms with Crippen molar-refractivity contribution in [3.05, 3.63) is 0 Å². The Labute approximate surface area is 104 Å². The van der Waals surface area contributed by atoms with Crippen molar-refractivity contribution in [3.8, 4) is 0 Å². The summed E-state index contributed by atoms with van der Waals surface area (Å²) in [6, 6.07) is 0. The van der Waals surface area contributed by atoms with Gasteiger partial charge in [-0.1, -0.05) is 25.7 Å². The summed E-state index contributed by atoms with van der Waals surface area (Å²) in [5.74, 6) is 0.400. The molecule has 0 aromatic carbocycles. The molecule has 0 aliphatic heterocycles. The van der Waals surface area contributed by atoms with Crippen LogP contribution in [0.1, 0.15) is 59.3 Å². The molecule has 3 heteroatoms. The van der Waals surface area contributed by atoms with Gasteiger partial charge >= 0.3 is 0 Å². The number of hydrogen-bond donors (Lipinski definition) is 1. The van der Waals surface area contributed by atoms with Crippen LogP contribution in [0.25, 0.3) is 0 Å². The Morgan fingerprint density at radius 3 is 2.19 bits per heavy atom. The molecule has 0 bridgehead atoms. The van der Waals surface area contributed by atoms with E-state index in [0.29, 0.717) is 0 Å². The van der Waals surface area contributed by atoms with Crippen molar-refractivity contribution in [2.75, 3.05) is 0 Å². The minimum Gasteiger partial charge on any atom is -0.350 e. The van der Waals surface area contributed by atoms with Crippen molar-refractivity contribution < 1.29 is 4.79 Å². The summed E-state index contributed by atoms with van der Waals surface area (Å²) in [5.41, 5.74) is -0.315. The Balaban J connectivity index is 2.50. The smallest absolute Gasteiger partial charge is 0.223 e. The monoisotopic (exact) mass is 245 g/mol. The predicted molar refractivity (Wildman–Crippen MR) is 68.7 cm³/mol. The fourth-order valence-corrected chi connectivity index (χ4v) is 2.12. The van der Waals surface area contributed by atoms with E-state index in [2.05, 4.69) is 5.32 Å². The van der Waals surface area contributed by atoms with Gasteiger partial charge in [-0.2, -0.15) is 0 Å². The molecular weight excluding hydrogens is 222 g/mol. The lowest BCUT2D eigenvalue weighted by Gasteiger charge is -2.30. The number of nitrogens with one attached hydrogen (secondary N) is 1. The molecular formula is C13H24ClNO. The highest BCUT2D eigenvalue weighted by Crippen LogP contribution is 2.24. The van der Waals surface area contributed by atoms with E-state index >= 15 is 0 Å².